The van der Waals surface area contributed by atoms with E-state index in [1.54, 1.807) is 24.3 Å². The van der Waals surface area contributed by atoms with Gasteiger partial charge in [0.1, 0.15) is 5.82 Å². The van der Waals surface area contributed by atoms with Crippen molar-refractivity contribution < 1.29 is 9.18 Å². The molecule has 1 aromatic carbocycles. The van der Waals surface area contributed by atoms with E-state index in [0.29, 0.717) is 4.34 Å². The molecule has 0 aliphatic rings. The molecule has 0 fully saturated rings. The SMILES string of the molecule is Cc1ccc(F)c(C(=O)Cc2ccc(Cl)s2)c1. The number of carbonyl (C=O) groups is 1. The van der Waals surface area contributed by atoms with Crippen LogP contribution in [0.15, 0.2) is 30.3 Å². The molecule has 88 valence electrons. The molecule has 0 saturated heterocycles. The molecule has 0 N–H and O–H groups in total. The smallest absolute Gasteiger partial charge is 0.171 e. The summed E-state index contributed by atoms with van der Waals surface area (Å²) in [6, 6.07) is 8.07. The summed E-state index contributed by atoms with van der Waals surface area (Å²) < 4.78 is 14.1. The van der Waals surface area contributed by atoms with Gasteiger partial charge in [-0.05, 0) is 31.2 Å². The van der Waals surface area contributed by atoms with E-state index < -0.39 is 5.82 Å². The van der Waals surface area contributed by atoms with Crippen LogP contribution in [0.1, 0.15) is 20.8 Å². The van der Waals surface area contributed by atoms with Crippen molar-refractivity contribution in [2.75, 3.05) is 0 Å². The Bertz CT molecular complexity index is 562. The Morgan fingerprint density at radius 1 is 1.35 bits per heavy atom. The molecule has 1 heterocycles. The molecule has 0 spiro atoms. The molecular formula is C13H10ClFOS. The van der Waals surface area contributed by atoms with Gasteiger partial charge in [-0.3, -0.25) is 4.79 Å². The highest BCUT2D eigenvalue weighted by Crippen LogP contribution is 2.23. The van der Waals surface area contributed by atoms with Crippen LogP contribution in [0, 0.1) is 12.7 Å². The van der Waals surface area contributed by atoms with E-state index >= 15 is 0 Å². The Labute approximate surface area is 108 Å². The average Bonchev–Trinajstić information content (AvgIpc) is 2.67. The molecule has 2 rings (SSSR count). The van der Waals surface area contributed by atoms with Crippen molar-refractivity contribution in [2.24, 2.45) is 0 Å². The predicted octanol–water partition coefficient (Wildman–Crippen LogP) is 4.27. The van der Waals surface area contributed by atoms with Gasteiger partial charge in [-0.15, -0.1) is 11.3 Å². The van der Waals surface area contributed by atoms with E-state index in [4.69, 9.17) is 11.6 Å². The van der Waals surface area contributed by atoms with Crippen LogP contribution in [0.4, 0.5) is 4.39 Å². The van der Waals surface area contributed by atoms with E-state index in [1.807, 2.05) is 6.92 Å². The van der Waals surface area contributed by atoms with Crippen LogP contribution in [-0.2, 0) is 6.42 Å². The highest BCUT2D eigenvalue weighted by atomic mass is 35.5. The highest BCUT2D eigenvalue weighted by Gasteiger charge is 2.13. The van der Waals surface area contributed by atoms with Crippen molar-refractivity contribution in [1.82, 2.24) is 0 Å². The minimum absolute atomic E-state index is 0.148. The Morgan fingerprint density at radius 2 is 2.12 bits per heavy atom. The fraction of sp³-hybridized carbons (Fsp3) is 0.154. The normalized spacial score (nSPS) is 10.5. The number of hydrogen-bond acceptors (Lipinski definition) is 2. The molecule has 4 heteroatoms. The van der Waals surface area contributed by atoms with Gasteiger partial charge in [0, 0.05) is 11.3 Å². The van der Waals surface area contributed by atoms with E-state index in [0.717, 1.165) is 10.4 Å². The number of Topliss-reactive ketones (excluding diaryl/α,β-unsaturated/α-hetero) is 1. The number of hydrogen-bond donors (Lipinski definition) is 0. The van der Waals surface area contributed by atoms with Crippen LogP contribution in [0.5, 0.6) is 0 Å². The van der Waals surface area contributed by atoms with Crippen molar-refractivity contribution in [3.05, 3.63) is 56.5 Å². The van der Waals surface area contributed by atoms with Gasteiger partial charge in [-0.25, -0.2) is 4.39 Å². The van der Waals surface area contributed by atoms with E-state index in [-0.39, 0.29) is 17.8 Å². The predicted molar refractivity (Wildman–Crippen MR) is 68.5 cm³/mol. The lowest BCUT2D eigenvalue weighted by molar-refractivity contribution is 0.0990. The number of rotatable bonds is 3. The second-order valence-corrected chi connectivity index (χ2v) is 5.59. The van der Waals surface area contributed by atoms with E-state index in [1.165, 1.54) is 17.4 Å². The number of halogens is 2. The van der Waals surface area contributed by atoms with Crippen molar-refractivity contribution in [2.45, 2.75) is 13.3 Å². The summed E-state index contributed by atoms with van der Waals surface area (Å²) in [5.41, 5.74) is 1.02. The van der Waals surface area contributed by atoms with Crippen molar-refractivity contribution >= 4 is 28.7 Å². The minimum atomic E-state index is -0.469. The molecule has 0 saturated carbocycles. The lowest BCUT2D eigenvalue weighted by Crippen LogP contribution is -2.05. The molecule has 1 aromatic heterocycles. The molecule has 0 bridgehead atoms. The topological polar surface area (TPSA) is 17.1 Å². The van der Waals surface area contributed by atoms with Gasteiger partial charge >= 0.3 is 0 Å². The van der Waals surface area contributed by atoms with Crippen molar-refractivity contribution in [3.63, 3.8) is 0 Å². The Kier molecular flexibility index (Phi) is 3.60. The van der Waals surface area contributed by atoms with Gasteiger partial charge in [0.05, 0.1) is 9.90 Å². The molecule has 0 atom stereocenters. The lowest BCUT2D eigenvalue weighted by atomic mass is 10.0. The van der Waals surface area contributed by atoms with Crippen LogP contribution in [0.2, 0.25) is 4.34 Å². The Morgan fingerprint density at radius 3 is 2.76 bits per heavy atom. The first-order valence-corrected chi connectivity index (χ1v) is 6.29. The summed E-state index contributed by atoms with van der Waals surface area (Å²) in [6.07, 6.45) is 0.192. The zero-order valence-corrected chi connectivity index (χ0v) is 10.7. The van der Waals surface area contributed by atoms with Gasteiger partial charge < -0.3 is 0 Å². The monoisotopic (exact) mass is 268 g/mol. The number of carbonyl (C=O) groups excluding carboxylic acids is 1. The van der Waals surface area contributed by atoms with Gasteiger partial charge in [-0.1, -0.05) is 23.2 Å². The van der Waals surface area contributed by atoms with Crippen LogP contribution in [0.25, 0.3) is 0 Å². The van der Waals surface area contributed by atoms with E-state index in [2.05, 4.69) is 0 Å². The largest absolute Gasteiger partial charge is 0.294 e. The summed E-state index contributed by atoms with van der Waals surface area (Å²) in [6.45, 7) is 1.83. The summed E-state index contributed by atoms with van der Waals surface area (Å²) in [4.78, 5) is 12.8. The molecule has 0 aliphatic carbocycles. The maximum atomic E-state index is 13.5. The van der Waals surface area contributed by atoms with Gasteiger partial charge in [-0.2, -0.15) is 0 Å². The third kappa shape index (κ3) is 2.93. The first-order chi connectivity index (χ1) is 8.06. The fourth-order valence-corrected chi connectivity index (χ4v) is 2.64. The lowest BCUT2D eigenvalue weighted by Gasteiger charge is -2.02. The Hall–Kier alpha value is -1.19. The standard InChI is InChI=1S/C13H10ClFOS/c1-8-2-4-11(15)10(6-8)12(16)7-9-3-5-13(14)17-9/h2-6H,7H2,1H3. The highest BCUT2D eigenvalue weighted by molar-refractivity contribution is 7.16. The molecule has 2 aromatic rings. The fourth-order valence-electron chi connectivity index (χ4n) is 1.55. The second kappa shape index (κ2) is 4.98. The molecule has 0 unspecified atom stereocenters. The molecule has 17 heavy (non-hydrogen) atoms. The average molecular weight is 269 g/mol. The number of ketones is 1. The second-order valence-electron chi connectivity index (χ2n) is 3.79. The maximum Gasteiger partial charge on any atom is 0.171 e. The van der Waals surface area contributed by atoms with Crippen LogP contribution >= 0.6 is 22.9 Å². The van der Waals surface area contributed by atoms with Crippen LogP contribution in [0.3, 0.4) is 0 Å². The summed E-state index contributed by atoms with van der Waals surface area (Å²) in [7, 11) is 0. The van der Waals surface area contributed by atoms with Crippen LogP contribution < -0.4 is 0 Å². The van der Waals surface area contributed by atoms with E-state index in [9.17, 15) is 9.18 Å². The van der Waals surface area contributed by atoms with Crippen LogP contribution in [-0.4, -0.2) is 5.78 Å². The Balaban J connectivity index is 2.22. The third-order valence-corrected chi connectivity index (χ3v) is 3.62. The third-order valence-electron chi connectivity index (χ3n) is 2.39. The number of benzene rings is 1. The quantitative estimate of drug-likeness (QED) is 0.760. The van der Waals surface area contributed by atoms with Gasteiger partial charge in [0.15, 0.2) is 5.78 Å². The summed E-state index contributed by atoms with van der Waals surface area (Å²) >= 11 is 7.12. The van der Waals surface area contributed by atoms with Crippen molar-refractivity contribution in [1.29, 1.82) is 0 Å². The zero-order chi connectivity index (χ0) is 12.4. The summed E-state index contributed by atoms with van der Waals surface area (Å²) in [5, 5.41) is 0. The number of thiophene rings is 1. The minimum Gasteiger partial charge on any atom is -0.294 e. The first kappa shape index (κ1) is 12.3. The molecular weight excluding hydrogens is 259 g/mol. The first-order valence-electron chi connectivity index (χ1n) is 5.10. The number of aryl methyl sites for hydroxylation is 1. The van der Waals surface area contributed by atoms with Gasteiger partial charge in [0.2, 0.25) is 0 Å². The summed E-state index contributed by atoms with van der Waals surface area (Å²) in [5.74, 6) is -0.687. The van der Waals surface area contributed by atoms with Crippen molar-refractivity contribution in [3.8, 4) is 0 Å². The molecule has 0 amide bonds. The molecule has 1 nitrogen and oxygen atoms in total. The zero-order valence-electron chi connectivity index (χ0n) is 9.17. The maximum absolute atomic E-state index is 13.5. The molecule has 0 aliphatic heterocycles. The van der Waals surface area contributed by atoms with Gasteiger partial charge in [0.25, 0.3) is 0 Å². The molecule has 0 radical (unpaired) electrons.